The molecule has 1 atom stereocenters. The number of alkyl halides is 3. The van der Waals surface area contributed by atoms with Crippen LogP contribution in [0.3, 0.4) is 0 Å². The first-order valence-corrected chi connectivity index (χ1v) is 9.76. The van der Waals surface area contributed by atoms with Crippen LogP contribution in [0.4, 0.5) is 18.0 Å². The zero-order valence-corrected chi connectivity index (χ0v) is 16.3. The number of nitrogens with one attached hydrogen (secondary N) is 2. The number of rotatable bonds is 5. The number of amides is 4. The third-order valence-corrected chi connectivity index (χ3v) is 5.47. The molecule has 1 aliphatic carbocycles. The molecule has 0 unspecified atom stereocenters. The van der Waals surface area contributed by atoms with Crippen LogP contribution in [0.15, 0.2) is 35.5 Å². The van der Waals surface area contributed by atoms with Crippen LogP contribution in [0.25, 0.3) is 0 Å². The van der Waals surface area contributed by atoms with Gasteiger partial charge in [0.1, 0.15) is 6.54 Å². The van der Waals surface area contributed by atoms with Crippen molar-refractivity contribution < 1.29 is 27.6 Å². The van der Waals surface area contributed by atoms with Crippen molar-refractivity contribution in [1.82, 2.24) is 20.4 Å². The van der Waals surface area contributed by atoms with E-state index >= 15 is 0 Å². The van der Waals surface area contributed by atoms with Crippen LogP contribution in [0.2, 0.25) is 0 Å². The number of likely N-dealkylation sites (N-methyl/N-ethyl adjacent to an activating group) is 1. The Balaban J connectivity index is 1.69. The van der Waals surface area contributed by atoms with E-state index in [1.165, 1.54) is 28.0 Å². The van der Waals surface area contributed by atoms with Crippen LogP contribution in [0.5, 0.6) is 0 Å². The zero-order chi connectivity index (χ0) is 21.6. The Morgan fingerprint density at radius 1 is 1.23 bits per heavy atom. The average molecular weight is 422 g/mol. The highest BCUT2D eigenvalue weighted by Gasteiger charge is 2.46. The minimum atomic E-state index is -4.64. The molecule has 30 heavy (non-hydrogen) atoms. The minimum absolute atomic E-state index is 0.00179. The zero-order valence-electron chi connectivity index (χ0n) is 16.3. The van der Waals surface area contributed by atoms with E-state index in [0.29, 0.717) is 5.70 Å². The van der Waals surface area contributed by atoms with Crippen LogP contribution in [0, 0.1) is 0 Å². The van der Waals surface area contributed by atoms with E-state index in [1.807, 2.05) is 0 Å². The molecule has 4 rings (SSSR count). The summed E-state index contributed by atoms with van der Waals surface area (Å²) in [6, 6.07) is 3.19. The van der Waals surface area contributed by atoms with Crippen molar-refractivity contribution >= 4 is 17.8 Å². The Labute approximate surface area is 170 Å². The van der Waals surface area contributed by atoms with Gasteiger partial charge in [0.25, 0.3) is 5.91 Å². The lowest BCUT2D eigenvalue weighted by Crippen LogP contribution is -2.47. The minimum Gasteiger partial charge on any atom is -0.352 e. The van der Waals surface area contributed by atoms with Crippen molar-refractivity contribution in [3.8, 4) is 0 Å². The number of hydrogen-bond acceptors (Lipinski definition) is 3. The summed E-state index contributed by atoms with van der Waals surface area (Å²) in [4.78, 5) is 40.5. The molecule has 0 bridgehead atoms. The Morgan fingerprint density at radius 3 is 2.57 bits per heavy atom. The third kappa shape index (κ3) is 3.61. The van der Waals surface area contributed by atoms with E-state index in [2.05, 4.69) is 10.6 Å². The molecule has 3 aliphatic rings. The van der Waals surface area contributed by atoms with E-state index < -0.39 is 29.7 Å². The molecule has 4 amide bonds. The summed E-state index contributed by atoms with van der Waals surface area (Å²) in [5.74, 6) is -0.864. The molecule has 0 radical (unpaired) electrons. The second kappa shape index (κ2) is 7.33. The summed E-state index contributed by atoms with van der Waals surface area (Å²) in [7, 11) is 0. The molecule has 1 aromatic carbocycles. The first-order valence-electron chi connectivity index (χ1n) is 9.76. The molecule has 0 saturated heterocycles. The summed E-state index contributed by atoms with van der Waals surface area (Å²) in [5, 5.41) is 5.34. The Hall–Kier alpha value is -3.04. The van der Waals surface area contributed by atoms with E-state index in [4.69, 9.17) is 0 Å². The van der Waals surface area contributed by atoms with Crippen LogP contribution < -0.4 is 10.6 Å². The fourth-order valence-electron chi connectivity index (χ4n) is 3.93. The topological polar surface area (TPSA) is 81.8 Å². The van der Waals surface area contributed by atoms with Crippen molar-refractivity contribution in [1.29, 1.82) is 0 Å². The number of benzene rings is 1. The number of nitrogens with zero attached hydrogens (tertiary/aromatic N) is 2. The van der Waals surface area contributed by atoms with Crippen molar-refractivity contribution in [3.05, 3.63) is 46.7 Å². The smallest absolute Gasteiger partial charge is 0.352 e. The van der Waals surface area contributed by atoms with Crippen molar-refractivity contribution in [2.24, 2.45) is 0 Å². The second-order valence-corrected chi connectivity index (χ2v) is 7.58. The maximum Gasteiger partial charge on any atom is 0.416 e. The highest BCUT2D eigenvalue weighted by Crippen LogP contribution is 2.41. The molecule has 1 aromatic rings. The van der Waals surface area contributed by atoms with Gasteiger partial charge < -0.3 is 15.5 Å². The van der Waals surface area contributed by atoms with Crippen molar-refractivity contribution in [3.63, 3.8) is 0 Å². The van der Waals surface area contributed by atoms with E-state index in [1.54, 1.807) is 6.92 Å². The molecule has 160 valence electrons. The first-order chi connectivity index (χ1) is 14.2. The highest BCUT2D eigenvalue weighted by molar-refractivity contribution is 6.03. The fourth-order valence-corrected chi connectivity index (χ4v) is 3.93. The fraction of sp³-hybridized carbons (Fsp3) is 0.450. The molecule has 0 spiro atoms. The van der Waals surface area contributed by atoms with E-state index in [0.717, 1.165) is 18.9 Å². The van der Waals surface area contributed by atoms with E-state index in [-0.39, 0.29) is 42.7 Å². The molecule has 0 aromatic heterocycles. The summed E-state index contributed by atoms with van der Waals surface area (Å²) in [6.07, 6.45) is -2.85. The lowest BCUT2D eigenvalue weighted by atomic mass is 9.91. The maximum atomic E-state index is 13.6. The van der Waals surface area contributed by atoms with Crippen LogP contribution >= 0.6 is 0 Å². The molecular formula is C20H21F3N4O3. The van der Waals surface area contributed by atoms with Crippen molar-refractivity contribution in [2.45, 2.75) is 38.0 Å². The molecule has 1 fully saturated rings. The van der Waals surface area contributed by atoms with Gasteiger partial charge in [0.2, 0.25) is 5.91 Å². The van der Waals surface area contributed by atoms with Gasteiger partial charge in [-0.15, -0.1) is 0 Å². The van der Waals surface area contributed by atoms with Crippen LogP contribution in [-0.4, -0.2) is 53.3 Å². The number of carbonyl (C=O) groups is 3. The molecule has 2 aliphatic heterocycles. The van der Waals surface area contributed by atoms with Gasteiger partial charge in [-0.1, -0.05) is 18.2 Å². The summed E-state index contributed by atoms with van der Waals surface area (Å²) >= 11 is 0. The summed E-state index contributed by atoms with van der Waals surface area (Å²) in [5.41, 5.74) is -0.691. The molecule has 2 N–H and O–H groups in total. The largest absolute Gasteiger partial charge is 0.416 e. The average Bonchev–Trinajstić information content (AvgIpc) is 3.44. The SMILES string of the molecule is CCN1C(=O)N[C@@H](c2ccccc2C(F)(F)F)C2=C1CN(CC(=O)NC1CC1)C2=O. The van der Waals surface area contributed by atoms with Gasteiger partial charge in [0.15, 0.2) is 0 Å². The predicted octanol–water partition coefficient (Wildman–Crippen LogP) is 2.17. The lowest BCUT2D eigenvalue weighted by molar-refractivity contribution is -0.138. The van der Waals surface area contributed by atoms with Gasteiger partial charge in [-0.25, -0.2) is 4.79 Å². The normalized spacial score (nSPS) is 21.7. The number of carbonyl (C=O) groups excluding carboxylic acids is 3. The monoisotopic (exact) mass is 422 g/mol. The van der Waals surface area contributed by atoms with Gasteiger partial charge in [-0.05, 0) is 31.4 Å². The van der Waals surface area contributed by atoms with Crippen LogP contribution in [0.1, 0.15) is 36.9 Å². The summed E-state index contributed by atoms with van der Waals surface area (Å²) < 4.78 is 40.7. The van der Waals surface area contributed by atoms with Gasteiger partial charge in [0.05, 0.1) is 29.4 Å². The Bertz CT molecular complexity index is 939. The molecule has 7 nitrogen and oxygen atoms in total. The molecule has 1 saturated carbocycles. The number of hydrogen-bond donors (Lipinski definition) is 2. The Kier molecular flexibility index (Phi) is 4.95. The second-order valence-electron chi connectivity index (χ2n) is 7.58. The Morgan fingerprint density at radius 2 is 1.93 bits per heavy atom. The summed E-state index contributed by atoms with van der Waals surface area (Å²) in [6.45, 7) is 1.74. The quantitative estimate of drug-likeness (QED) is 0.763. The van der Waals surface area contributed by atoms with Gasteiger partial charge >= 0.3 is 12.2 Å². The number of urea groups is 1. The number of halogens is 3. The van der Waals surface area contributed by atoms with Gasteiger partial charge in [-0.2, -0.15) is 13.2 Å². The van der Waals surface area contributed by atoms with Crippen molar-refractivity contribution in [2.75, 3.05) is 19.6 Å². The van der Waals surface area contributed by atoms with Gasteiger partial charge in [0, 0.05) is 12.6 Å². The lowest BCUT2D eigenvalue weighted by Gasteiger charge is -2.33. The highest BCUT2D eigenvalue weighted by atomic mass is 19.4. The molecular weight excluding hydrogens is 401 g/mol. The predicted molar refractivity (Wildman–Crippen MR) is 99.9 cm³/mol. The third-order valence-electron chi connectivity index (χ3n) is 5.47. The molecule has 10 heteroatoms. The van der Waals surface area contributed by atoms with Gasteiger partial charge in [-0.3, -0.25) is 14.5 Å². The maximum absolute atomic E-state index is 13.6. The van der Waals surface area contributed by atoms with Crippen LogP contribution in [-0.2, 0) is 15.8 Å². The van der Waals surface area contributed by atoms with E-state index in [9.17, 15) is 27.6 Å². The molecule has 2 heterocycles. The standard InChI is InChI=1S/C20H21F3N4O3/c1-2-27-14-9-26(10-15(28)24-11-7-8-11)18(29)16(14)17(25-19(27)30)12-5-3-4-6-13(12)20(21,22)23/h3-6,11,17H,2,7-10H2,1H3,(H,24,28)(H,25,30)/t17-/m0/s1. The first kappa shape index (κ1) is 20.2.